The Bertz CT molecular complexity index is 653. The molecule has 156 valence electrons. The average molecular weight is 400 g/mol. The highest BCUT2D eigenvalue weighted by molar-refractivity contribution is 5.83. The van der Waals surface area contributed by atoms with E-state index < -0.39 is 60.5 Å². The van der Waals surface area contributed by atoms with E-state index in [1.807, 2.05) is 0 Å². The Balaban J connectivity index is 2.90. The third-order valence-electron chi connectivity index (χ3n) is 3.60. The number of aliphatic hydroxyl groups excluding tert-OH is 2. The zero-order valence-electron chi connectivity index (χ0n) is 15.9. The van der Waals surface area contributed by atoms with Gasteiger partial charge in [0.1, 0.15) is 18.3 Å². The fourth-order valence-electron chi connectivity index (χ4n) is 2.43. The number of rotatable bonds is 8. The molecule has 0 aromatic carbocycles. The van der Waals surface area contributed by atoms with Crippen LogP contribution in [0.2, 0.25) is 0 Å². The Kier molecular flexibility index (Phi) is 8.80. The average Bonchev–Trinajstić information content (AvgIpc) is 2.57. The van der Waals surface area contributed by atoms with Crippen molar-refractivity contribution in [3.8, 4) is 0 Å². The normalized spacial score (nSPS) is 23.3. The Hall–Kier alpha value is -2.72. The van der Waals surface area contributed by atoms with Crippen LogP contribution in [0.5, 0.6) is 0 Å². The van der Waals surface area contributed by atoms with Crippen LogP contribution in [0.4, 0.5) is 0 Å². The topological polar surface area (TPSA) is 146 Å². The first-order valence-electron chi connectivity index (χ1n) is 8.46. The third kappa shape index (κ3) is 7.49. The van der Waals surface area contributed by atoms with Crippen LogP contribution < -0.4 is 0 Å². The lowest BCUT2D eigenvalue weighted by atomic mass is 9.99. The molecule has 0 saturated heterocycles. The van der Waals surface area contributed by atoms with E-state index in [1.165, 1.54) is 26.0 Å². The van der Waals surface area contributed by atoms with Gasteiger partial charge in [-0.2, -0.15) is 0 Å². The van der Waals surface area contributed by atoms with Crippen LogP contribution in [0.15, 0.2) is 24.3 Å². The molecule has 0 radical (unpaired) electrons. The van der Waals surface area contributed by atoms with Crippen molar-refractivity contribution < 1.29 is 48.3 Å². The summed E-state index contributed by atoms with van der Waals surface area (Å²) >= 11 is 0. The molecule has 0 amide bonds. The van der Waals surface area contributed by atoms with Gasteiger partial charge in [0, 0.05) is 26.8 Å². The van der Waals surface area contributed by atoms with Gasteiger partial charge in [-0.1, -0.05) is 6.08 Å². The van der Waals surface area contributed by atoms with Gasteiger partial charge in [0.2, 0.25) is 0 Å². The molecule has 0 unspecified atom stereocenters. The standard InChI is InChI=1S/C18H24O10/c1-9(25-10(2)19)14(26-11(3)20)6-5-13(22)17(24)18-15(27-12(4)21)7-8-16(23)28-18/h5-9,13-15,17-18,22,24H,1-4H3/b6-5+/t9-,13+,14-,15-,17-,18+/m0/s1. The minimum Gasteiger partial charge on any atom is -0.459 e. The number of cyclic esters (lactones) is 1. The quantitative estimate of drug-likeness (QED) is 0.312. The van der Waals surface area contributed by atoms with Crippen molar-refractivity contribution in [3.05, 3.63) is 24.3 Å². The van der Waals surface area contributed by atoms with E-state index in [0.29, 0.717) is 0 Å². The lowest BCUT2D eigenvalue weighted by molar-refractivity contribution is -0.175. The maximum absolute atomic E-state index is 11.4. The third-order valence-corrected chi connectivity index (χ3v) is 3.60. The molecule has 0 aromatic heterocycles. The SMILES string of the molecule is CC(=O)O[C@@H](C)[C@H](/C=C/[C@@H](O)[C@H](O)[C@@H]1OC(=O)C=C[C@@H]1OC(C)=O)OC(C)=O. The lowest BCUT2D eigenvalue weighted by Crippen LogP contribution is -2.49. The summed E-state index contributed by atoms with van der Waals surface area (Å²) in [5.74, 6) is -2.68. The smallest absolute Gasteiger partial charge is 0.331 e. The van der Waals surface area contributed by atoms with Gasteiger partial charge in [0.15, 0.2) is 18.3 Å². The molecule has 1 rings (SSSR count). The largest absolute Gasteiger partial charge is 0.459 e. The molecule has 6 atom stereocenters. The summed E-state index contributed by atoms with van der Waals surface area (Å²) in [4.78, 5) is 44.9. The maximum atomic E-state index is 11.4. The molecular formula is C18H24O10. The van der Waals surface area contributed by atoms with Gasteiger partial charge in [0.05, 0.1) is 0 Å². The second-order valence-electron chi connectivity index (χ2n) is 6.09. The molecule has 10 heteroatoms. The first-order valence-corrected chi connectivity index (χ1v) is 8.46. The van der Waals surface area contributed by atoms with Crippen molar-refractivity contribution in [2.24, 2.45) is 0 Å². The van der Waals surface area contributed by atoms with Crippen LogP contribution in [0.25, 0.3) is 0 Å². The molecule has 0 spiro atoms. The van der Waals surface area contributed by atoms with Crippen molar-refractivity contribution in [2.75, 3.05) is 0 Å². The molecule has 0 bridgehead atoms. The molecule has 1 heterocycles. The number of hydrogen-bond donors (Lipinski definition) is 2. The number of hydrogen-bond acceptors (Lipinski definition) is 10. The van der Waals surface area contributed by atoms with Gasteiger partial charge >= 0.3 is 23.9 Å². The molecule has 28 heavy (non-hydrogen) atoms. The van der Waals surface area contributed by atoms with Crippen LogP contribution in [0.3, 0.4) is 0 Å². The monoisotopic (exact) mass is 400 g/mol. The Morgan fingerprint density at radius 3 is 2.21 bits per heavy atom. The van der Waals surface area contributed by atoms with Gasteiger partial charge in [-0.3, -0.25) is 14.4 Å². The molecule has 10 nitrogen and oxygen atoms in total. The Labute approximate surface area is 161 Å². The van der Waals surface area contributed by atoms with Crippen molar-refractivity contribution in [2.45, 2.75) is 64.3 Å². The van der Waals surface area contributed by atoms with Crippen molar-refractivity contribution >= 4 is 23.9 Å². The summed E-state index contributed by atoms with van der Waals surface area (Å²) in [6.07, 6.45) is -2.96. The molecule has 0 fully saturated rings. The van der Waals surface area contributed by atoms with Crippen LogP contribution >= 0.6 is 0 Å². The van der Waals surface area contributed by atoms with Gasteiger partial charge < -0.3 is 29.2 Å². The molecular weight excluding hydrogens is 376 g/mol. The molecule has 0 saturated carbocycles. The molecule has 2 N–H and O–H groups in total. The highest BCUT2D eigenvalue weighted by Crippen LogP contribution is 2.19. The first-order chi connectivity index (χ1) is 13.0. The molecule has 0 aliphatic carbocycles. The van der Waals surface area contributed by atoms with E-state index >= 15 is 0 Å². The summed E-state index contributed by atoms with van der Waals surface area (Å²) in [7, 11) is 0. The summed E-state index contributed by atoms with van der Waals surface area (Å²) in [5, 5.41) is 20.5. The minimum absolute atomic E-state index is 0.594. The number of carbonyl (C=O) groups is 4. The lowest BCUT2D eigenvalue weighted by Gasteiger charge is -2.31. The summed E-state index contributed by atoms with van der Waals surface area (Å²) in [6.45, 7) is 4.96. The van der Waals surface area contributed by atoms with E-state index in [9.17, 15) is 29.4 Å². The van der Waals surface area contributed by atoms with Gasteiger partial charge in [0.25, 0.3) is 0 Å². The van der Waals surface area contributed by atoms with Crippen molar-refractivity contribution in [1.82, 2.24) is 0 Å². The number of aliphatic hydroxyl groups is 2. The van der Waals surface area contributed by atoms with E-state index in [-0.39, 0.29) is 0 Å². The van der Waals surface area contributed by atoms with Crippen LogP contribution in [-0.2, 0) is 38.1 Å². The van der Waals surface area contributed by atoms with Crippen LogP contribution in [-0.4, -0.2) is 70.7 Å². The second kappa shape index (κ2) is 10.6. The molecule has 0 aromatic rings. The van der Waals surface area contributed by atoms with E-state index in [0.717, 1.165) is 26.0 Å². The fourth-order valence-corrected chi connectivity index (χ4v) is 2.43. The van der Waals surface area contributed by atoms with E-state index in [1.54, 1.807) is 0 Å². The van der Waals surface area contributed by atoms with Crippen molar-refractivity contribution in [3.63, 3.8) is 0 Å². The van der Waals surface area contributed by atoms with Crippen LogP contribution in [0, 0.1) is 0 Å². The zero-order chi connectivity index (χ0) is 21.4. The second-order valence-corrected chi connectivity index (χ2v) is 6.09. The molecule has 1 aliphatic rings. The fraction of sp³-hybridized carbons (Fsp3) is 0.556. The Morgan fingerprint density at radius 1 is 1.07 bits per heavy atom. The van der Waals surface area contributed by atoms with Gasteiger partial charge in [-0.15, -0.1) is 0 Å². The number of carbonyl (C=O) groups excluding carboxylic acids is 4. The predicted molar refractivity (Wildman–Crippen MR) is 92.5 cm³/mol. The minimum atomic E-state index is -1.66. The highest BCUT2D eigenvalue weighted by atomic mass is 16.6. The van der Waals surface area contributed by atoms with Crippen LogP contribution in [0.1, 0.15) is 27.7 Å². The summed E-state index contributed by atoms with van der Waals surface area (Å²) < 4.78 is 19.9. The zero-order valence-corrected chi connectivity index (χ0v) is 15.9. The predicted octanol–water partition coefficient (Wildman–Crippen LogP) is -0.439. The number of esters is 4. The van der Waals surface area contributed by atoms with Gasteiger partial charge in [-0.05, 0) is 19.1 Å². The van der Waals surface area contributed by atoms with Crippen molar-refractivity contribution in [1.29, 1.82) is 0 Å². The summed E-state index contributed by atoms with van der Waals surface area (Å²) in [6, 6.07) is 0. The summed E-state index contributed by atoms with van der Waals surface area (Å²) in [5.41, 5.74) is 0. The van der Waals surface area contributed by atoms with E-state index in [2.05, 4.69) is 0 Å². The molecule has 1 aliphatic heterocycles. The van der Waals surface area contributed by atoms with E-state index in [4.69, 9.17) is 18.9 Å². The number of ether oxygens (including phenoxy) is 4. The Morgan fingerprint density at radius 2 is 1.68 bits per heavy atom. The van der Waals surface area contributed by atoms with Gasteiger partial charge in [-0.25, -0.2) is 4.79 Å². The first kappa shape index (κ1) is 23.3. The highest BCUT2D eigenvalue weighted by Gasteiger charge is 2.38. The maximum Gasteiger partial charge on any atom is 0.331 e.